The molecule has 0 aliphatic carbocycles. The molecule has 66 heavy (non-hydrogen) atoms. The Morgan fingerprint density at radius 3 is 1.29 bits per heavy atom. The monoisotopic (exact) mass is 895 g/mol. The molecular formula is C56H57N5O4S. The van der Waals surface area contributed by atoms with Crippen LogP contribution in [-0.4, -0.2) is 46.7 Å². The van der Waals surface area contributed by atoms with Crippen molar-refractivity contribution in [2.45, 2.75) is 55.1 Å². The van der Waals surface area contributed by atoms with E-state index >= 15 is 4.79 Å². The Morgan fingerprint density at radius 1 is 0.530 bits per heavy atom. The predicted molar refractivity (Wildman–Crippen MR) is 265 cm³/mol. The lowest BCUT2D eigenvalue weighted by molar-refractivity contribution is -0.133. The Bertz CT molecular complexity index is 2410. The molecule has 0 aromatic heterocycles. The highest BCUT2D eigenvalue weighted by Crippen LogP contribution is 2.49. The van der Waals surface area contributed by atoms with Gasteiger partial charge in [0.2, 0.25) is 11.8 Å². The van der Waals surface area contributed by atoms with Crippen LogP contribution in [0.5, 0.6) is 5.75 Å². The van der Waals surface area contributed by atoms with Gasteiger partial charge < -0.3 is 15.7 Å². The largest absolute Gasteiger partial charge is 0.508 e. The summed E-state index contributed by atoms with van der Waals surface area (Å²) in [5.41, 5.74) is 7.65. The fourth-order valence-electron chi connectivity index (χ4n) is 8.63. The third-order valence-electron chi connectivity index (χ3n) is 12.3. The third-order valence-corrected chi connectivity index (χ3v) is 13.9. The molecule has 0 aliphatic heterocycles. The van der Waals surface area contributed by atoms with Gasteiger partial charge in [0.15, 0.2) is 0 Å². The standard InChI is InChI=1S/C56H57N5O4S/c1-3-40(2)51(54(65)61-57)59-52(63)49(38-41-34-36-48(62)37-35-41)58-53(64)50(60-55(42-22-10-4-11-23-42,43-24-12-5-13-25-43)44-26-14-6-15-27-44)39-66-56(45-28-16-7-17-29-45,46-30-18-8-19-31-46)47-32-20-9-21-33-47/h4-37,40,49-51,60,62H,3,38-39,57H2,1-2H3,(H,58,64)(H,59,63)(H,61,65)/t40-,49-,50-,51-/m0/s1. The van der Waals surface area contributed by atoms with Crippen molar-refractivity contribution in [2.75, 3.05) is 5.75 Å². The Balaban J connectivity index is 1.40. The van der Waals surface area contributed by atoms with Gasteiger partial charge >= 0.3 is 0 Å². The summed E-state index contributed by atoms with van der Waals surface area (Å²) in [6, 6.07) is 64.7. The minimum absolute atomic E-state index is 0.0678. The average Bonchev–Trinajstić information content (AvgIpc) is 3.38. The maximum atomic E-state index is 15.8. The molecule has 0 saturated heterocycles. The summed E-state index contributed by atoms with van der Waals surface area (Å²) in [7, 11) is 0. The molecule has 7 N–H and O–H groups in total. The van der Waals surface area contributed by atoms with E-state index < -0.39 is 46.1 Å². The highest BCUT2D eigenvalue weighted by Gasteiger charge is 2.43. The van der Waals surface area contributed by atoms with Crippen LogP contribution < -0.4 is 27.2 Å². The first-order valence-corrected chi connectivity index (χ1v) is 23.3. The molecule has 0 spiro atoms. The number of nitrogens with two attached hydrogens (primary N) is 1. The van der Waals surface area contributed by atoms with Gasteiger partial charge in [0, 0.05) is 12.2 Å². The normalized spacial score (nSPS) is 13.4. The van der Waals surface area contributed by atoms with Gasteiger partial charge in [-0.2, -0.15) is 0 Å². The molecule has 0 fully saturated rings. The van der Waals surface area contributed by atoms with Crippen molar-refractivity contribution in [1.29, 1.82) is 0 Å². The van der Waals surface area contributed by atoms with Crippen LogP contribution in [0.3, 0.4) is 0 Å². The van der Waals surface area contributed by atoms with Gasteiger partial charge in [-0.3, -0.25) is 25.1 Å². The number of amides is 3. The lowest BCUT2D eigenvalue weighted by Crippen LogP contribution is -2.61. The Labute approximate surface area is 392 Å². The van der Waals surface area contributed by atoms with Crippen LogP contribution in [0.15, 0.2) is 206 Å². The molecule has 336 valence electrons. The van der Waals surface area contributed by atoms with Crippen molar-refractivity contribution < 1.29 is 19.5 Å². The smallest absolute Gasteiger partial charge is 0.256 e. The first kappa shape index (κ1) is 47.0. The molecule has 4 atom stereocenters. The molecule has 7 rings (SSSR count). The van der Waals surface area contributed by atoms with Crippen LogP contribution >= 0.6 is 11.8 Å². The van der Waals surface area contributed by atoms with Crippen molar-refractivity contribution in [3.63, 3.8) is 0 Å². The minimum atomic E-state index is -1.14. The summed E-state index contributed by atoms with van der Waals surface area (Å²) in [4.78, 5) is 43.5. The zero-order valence-electron chi connectivity index (χ0n) is 37.2. The molecule has 10 heteroatoms. The minimum Gasteiger partial charge on any atom is -0.508 e. The molecule has 0 aliphatic rings. The van der Waals surface area contributed by atoms with Crippen molar-refractivity contribution in [3.8, 4) is 5.75 Å². The average molecular weight is 896 g/mol. The van der Waals surface area contributed by atoms with Gasteiger partial charge in [-0.25, -0.2) is 5.84 Å². The first-order chi connectivity index (χ1) is 32.2. The van der Waals surface area contributed by atoms with E-state index in [4.69, 9.17) is 5.84 Å². The second kappa shape index (κ2) is 22.3. The summed E-state index contributed by atoms with van der Waals surface area (Å²) < 4.78 is -0.791. The van der Waals surface area contributed by atoms with E-state index in [2.05, 4.69) is 94.2 Å². The van der Waals surface area contributed by atoms with E-state index in [9.17, 15) is 14.7 Å². The number of aromatic hydroxyl groups is 1. The number of nitrogens with one attached hydrogen (secondary N) is 4. The Morgan fingerprint density at radius 2 is 0.909 bits per heavy atom. The van der Waals surface area contributed by atoms with Gasteiger partial charge in [0.1, 0.15) is 17.8 Å². The number of carbonyl (C=O) groups excluding carboxylic acids is 3. The molecule has 0 heterocycles. The number of hydrazine groups is 1. The number of thioether (sulfide) groups is 1. The van der Waals surface area contributed by atoms with E-state index in [1.54, 1.807) is 36.0 Å². The summed E-state index contributed by atoms with van der Waals surface area (Å²) in [6.45, 7) is 3.79. The number of hydrogen-bond acceptors (Lipinski definition) is 7. The summed E-state index contributed by atoms with van der Waals surface area (Å²) >= 11 is 1.64. The van der Waals surface area contributed by atoms with Crippen molar-refractivity contribution >= 4 is 29.5 Å². The maximum absolute atomic E-state index is 15.8. The van der Waals surface area contributed by atoms with Gasteiger partial charge in [-0.1, -0.05) is 214 Å². The molecule has 7 aromatic rings. The van der Waals surface area contributed by atoms with Gasteiger partial charge in [0.05, 0.1) is 16.3 Å². The van der Waals surface area contributed by atoms with Crippen LogP contribution in [-0.2, 0) is 31.1 Å². The SMILES string of the molecule is CC[C@H](C)[C@H](NC(=O)[C@H](Cc1ccc(O)cc1)NC(=O)[C@H](CSC(c1ccccc1)(c1ccccc1)c1ccccc1)NC(c1ccccc1)(c1ccccc1)c1ccccc1)C(=O)NN. The number of benzene rings is 7. The zero-order valence-corrected chi connectivity index (χ0v) is 38.0. The van der Waals surface area contributed by atoms with Crippen molar-refractivity contribution in [3.05, 3.63) is 245 Å². The van der Waals surface area contributed by atoms with E-state index in [-0.39, 0.29) is 23.8 Å². The van der Waals surface area contributed by atoms with Crippen LogP contribution in [0.25, 0.3) is 0 Å². The van der Waals surface area contributed by atoms with Crippen LogP contribution in [0.2, 0.25) is 0 Å². The van der Waals surface area contributed by atoms with E-state index in [0.717, 1.165) is 33.4 Å². The molecular weight excluding hydrogens is 839 g/mol. The lowest BCUT2D eigenvalue weighted by Gasteiger charge is -2.41. The second-order valence-electron chi connectivity index (χ2n) is 16.4. The van der Waals surface area contributed by atoms with Crippen LogP contribution in [0.1, 0.15) is 59.2 Å². The second-order valence-corrected chi connectivity index (χ2v) is 17.7. The quantitative estimate of drug-likeness (QED) is 0.0195. The molecule has 0 saturated carbocycles. The summed E-state index contributed by atoms with van der Waals surface area (Å²) in [5, 5.41) is 20.2. The topological polar surface area (TPSA) is 146 Å². The number of hydrogen-bond donors (Lipinski definition) is 6. The summed E-state index contributed by atoms with van der Waals surface area (Å²) in [6.07, 6.45) is 0.654. The van der Waals surface area contributed by atoms with Gasteiger partial charge in [-0.15, -0.1) is 11.8 Å². The van der Waals surface area contributed by atoms with Crippen molar-refractivity contribution in [1.82, 2.24) is 21.4 Å². The number of phenols is 1. The third kappa shape index (κ3) is 10.6. The fraction of sp³-hybridized carbons (Fsp3) is 0.196. The van der Waals surface area contributed by atoms with Crippen molar-refractivity contribution in [2.24, 2.45) is 11.8 Å². The predicted octanol–water partition coefficient (Wildman–Crippen LogP) is 8.62. The first-order valence-electron chi connectivity index (χ1n) is 22.3. The van der Waals surface area contributed by atoms with E-state index in [1.165, 1.54) is 0 Å². The number of carbonyl (C=O) groups is 3. The van der Waals surface area contributed by atoms with Gasteiger partial charge in [-0.05, 0) is 57.0 Å². The molecule has 0 radical (unpaired) electrons. The molecule has 9 nitrogen and oxygen atoms in total. The Kier molecular flexibility index (Phi) is 15.9. The van der Waals surface area contributed by atoms with E-state index in [1.807, 2.05) is 123 Å². The highest BCUT2D eigenvalue weighted by atomic mass is 32.2. The summed E-state index contributed by atoms with van der Waals surface area (Å²) in [5.74, 6) is 4.12. The highest BCUT2D eigenvalue weighted by molar-refractivity contribution is 8.00. The van der Waals surface area contributed by atoms with Crippen LogP contribution in [0, 0.1) is 5.92 Å². The molecule has 0 unspecified atom stereocenters. The lowest BCUT2D eigenvalue weighted by atomic mass is 9.76. The number of phenolic OH excluding ortho intramolecular Hbond substituents is 1. The van der Waals surface area contributed by atoms with Gasteiger partial charge in [0.25, 0.3) is 5.91 Å². The fourth-order valence-corrected chi connectivity index (χ4v) is 10.2. The maximum Gasteiger partial charge on any atom is 0.256 e. The molecule has 0 bridgehead atoms. The Hall–Kier alpha value is -6.98. The number of rotatable bonds is 20. The van der Waals surface area contributed by atoms with Crippen LogP contribution in [0.4, 0.5) is 0 Å². The zero-order chi connectivity index (χ0) is 46.4. The molecule has 7 aromatic carbocycles. The molecule has 3 amide bonds. The van der Waals surface area contributed by atoms with E-state index in [0.29, 0.717) is 12.0 Å².